The molecule has 0 saturated heterocycles. The number of halogens is 1. The average molecular weight is 363 g/mol. The highest BCUT2D eigenvalue weighted by atomic mass is 127. The zero-order valence-corrected chi connectivity index (χ0v) is 12.7. The quantitative estimate of drug-likeness (QED) is 0.827. The first-order valence-corrected chi connectivity index (χ1v) is 7.51. The lowest BCUT2D eigenvalue weighted by Crippen LogP contribution is -2.20. The highest BCUT2D eigenvalue weighted by Crippen LogP contribution is 2.27. The molecule has 1 unspecified atom stereocenters. The van der Waals surface area contributed by atoms with Gasteiger partial charge in [-0.1, -0.05) is 13.8 Å². The summed E-state index contributed by atoms with van der Waals surface area (Å²) in [6.45, 7) is 5.07. The Morgan fingerprint density at radius 3 is 2.88 bits per heavy atom. The zero-order chi connectivity index (χ0) is 12.3. The minimum absolute atomic E-state index is 0.152. The van der Waals surface area contributed by atoms with Gasteiger partial charge in [0.25, 0.3) is 0 Å². The Morgan fingerprint density at radius 2 is 2.29 bits per heavy atom. The molecule has 2 heterocycles. The van der Waals surface area contributed by atoms with E-state index in [2.05, 4.69) is 58.0 Å². The lowest BCUT2D eigenvalue weighted by Gasteiger charge is -2.09. The first kappa shape index (κ1) is 13.0. The Hall–Kier alpha value is -0.470. The number of thiophene rings is 1. The molecule has 0 spiro atoms. The molecule has 2 aromatic rings. The van der Waals surface area contributed by atoms with Crippen molar-refractivity contribution < 1.29 is 4.42 Å². The van der Waals surface area contributed by atoms with Crippen LogP contribution in [0.15, 0.2) is 15.9 Å². The normalized spacial score (nSPS) is 12.9. The van der Waals surface area contributed by atoms with E-state index in [-0.39, 0.29) is 6.04 Å². The van der Waals surface area contributed by atoms with Gasteiger partial charge in [-0.3, -0.25) is 0 Å². The summed E-state index contributed by atoms with van der Waals surface area (Å²) in [5.41, 5.74) is 1.00. The summed E-state index contributed by atoms with van der Waals surface area (Å²) in [5.74, 6) is 1.28. The monoisotopic (exact) mass is 363 g/mol. The third-order valence-electron chi connectivity index (χ3n) is 2.41. The van der Waals surface area contributed by atoms with Gasteiger partial charge in [-0.25, -0.2) is 0 Å². The molecule has 0 fully saturated rings. The SMILES string of the molecule is CCNC(CC)c1nnc(-c2csc(I)c2)o1. The lowest BCUT2D eigenvalue weighted by molar-refractivity contribution is 0.402. The van der Waals surface area contributed by atoms with E-state index < -0.39 is 0 Å². The molecule has 92 valence electrons. The minimum atomic E-state index is 0.152. The van der Waals surface area contributed by atoms with E-state index in [1.165, 1.54) is 2.88 Å². The number of rotatable bonds is 5. The molecule has 17 heavy (non-hydrogen) atoms. The van der Waals surface area contributed by atoms with Crippen LogP contribution < -0.4 is 5.32 Å². The molecule has 2 rings (SSSR count). The second kappa shape index (κ2) is 5.92. The van der Waals surface area contributed by atoms with E-state index in [1.54, 1.807) is 11.3 Å². The standard InChI is InChI=1S/C11H14IN3OS/c1-3-8(13-4-2)11-15-14-10(16-11)7-5-9(12)17-6-7/h5-6,8,13H,3-4H2,1-2H3. The molecular formula is C11H14IN3OS. The van der Waals surface area contributed by atoms with Crippen molar-refractivity contribution in [3.63, 3.8) is 0 Å². The Balaban J connectivity index is 2.20. The van der Waals surface area contributed by atoms with Gasteiger partial charge in [-0.15, -0.1) is 21.5 Å². The predicted molar refractivity (Wildman–Crippen MR) is 77.0 cm³/mol. The van der Waals surface area contributed by atoms with Gasteiger partial charge in [-0.2, -0.15) is 0 Å². The van der Waals surface area contributed by atoms with Gasteiger partial charge in [0.05, 0.1) is 14.5 Å². The van der Waals surface area contributed by atoms with Gasteiger partial charge >= 0.3 is 0 Å². The molecule has 1 N–H and O–H groups in total. The fourth-order valence-electron chi connectivity index (χ4n) is 1.57. The molecule has 0 amide bonds. The fraction of sp³-hybridized carbons (Fsp3) is 0.455. The van der Waals surface area contributed by atoms with Gasteiger partial charge in [0, 0.05) is 5.38 Å². The van der Waals surface area contributed by atoms with Gasteiger partial charge in [0.15, 0.2) is 0 Å². The molecule has 0 bridgehead atoms. The van der Waals surface area contributed by atoms with Crippen LogP contribution in [0.25, 0.3) is 11.5 Å². The summed E-state index contributed by atoms with van der Waals surface area (Å²) >= 11 is 3.96. The van der Waals surface area contributed by atoms with Crippen LogP contribution in [0.2, 0.25) is 0 Å². The zero-order valence-electron chi connectivity index (χ0n) is 9.74. The van der Waals surface area contributed by atoms with Crippen LogP contribution in [-0.2, 0) is 0 Å². The van der Waals surface area contributed by atoms with Crippen LogP contribution in [0.3, 0.4) is 0 Å². The molecule has 6 heteroatoms. The highest BCUT2D eigenvalue weighted by molar-refractivity contribution is 14.1. The van der Waals surface area contributed by atoms with E-state index in [0.29, 0.717) is 11.8 Å². The second-order valence-corrected chi connectivity index (χ2v) is 6.41. The number of aromatic nitrogens is 2. The number of nitrogens with zero attached hydrogens (tertiary/aromatic N) is 2. The Morgan fingerprint density at radius 1 is 1.47 bits per heavy atom. The predicted octanol–water partition coefficient (Wildman–Crippen LogP) is 3.46. The van der Waals surface area contributed by atoms with Crippen LogP contribution in [0.4, 0.5) is 0 Å². The van der Waals surface area contributed by atoms with E-state index in [1.807, 2.05) is 5.38 Å². The van der Waals surface area contributed by atoms with Crippen LogP contribution in [0.1, 0.15) is 32.2 Å². The minimum Gasteiger partial charge on any atom is -0.419 e. The van der Waals surface area contributed by atoms with Crippen molar-refractivity contribution in [1.29, 1.82) is 0 Å². The maximum atomic E-state index is 5.71. The number of nitrogens with one attached hydrogen (secondary N) is 1. The summed E-state index contributed by atoms with van der Waals surface area (Å²) in [4.78, 5) is 0. The van der Waals surface area contributed by atoms with Crippen LogP contribution in [-0.4, -0.2) is 16.7 Å². The molecule has 2 aromatic heterocycles. The third kappa shape index (κ3) is 3.05. The smallest absolute Gasteiger partial charge is 0.248 e. The van der Waals surface area contributed by atoms with Crippen molar-refractivity contribution >= 4 is 33.9 Å². The van der Waals surface area contributed by atoms with Crippen LogP contribution in [0.5, 0.6) is 0 Å². The summed E-state index contributed by atoms with van der Waals surface area (Å²) in [5, 5.41) is 13.6. The molecular weight excluding hydrogens is 349 g/mol. The van der Waals surface area contributed by atoms with E-state index in [4.69, 9.17) is 4.42 Å². The number of hydrogen-bond donors (Lipinski definition) is 1. The molecule has 0 aliphatic heterocycles. The Kier molecular flexibility index (Phi) is 4.52. The molecule has 1 atom stereocenters. The first-order chi connectivity index (χ1) is 8.24. The molecule has 0 aliphatic rings. The first-order valence-electron chi connectivity index (χ1n) is 5.55. The topological polar surface area (TPSA) is 51.0 Å². The van der Waals surface area contributed by atoms with Crippen LogP contribution >= 0.6 is 33.9 Å². The molecule has 0 aliphatic carbocycles. The number of hydrogen-bond acceptors (Lipinski definition) is 5. The van der Waals surface area contributed by atoms with Crippen molar-refractivity contribution in [2.45, 2.75) is 26.3 Å². The van der Waals surface area contributed by atoms with Crippen molar-refractivity contribution in [2.24, 2.45) is 0 Å². The summed E-state index contributed by atoms with van der Waals surface area (Å²) in [7, 11) is 0. The van der Waals surface area contributed by atoms with E-state index in [9.17, 15) is 0 Å². The fourth-order valence-corrected chi connectivity index (χ4v) is 2.89. The third-order valence-corrected chi connectivity index (χ3v) is 4.20. The maximum absolute atomic E-state index is 5.71. The Bertz CT molecular complexity index is 483. The van der Waals surface area contributed by atoms with E-state index >= 15 is 0 Å². The summed E-state index contributed by atoms with van der Waals surface area (Å²) in [6.07, 6.45) is 0.941. The van der Waals surface area contributed by atoms with Crippen LogP contribution in [0, 0.1) is 2.88 Å². The largest absolute Gasteiger partial charge is 0.419 e. The van der Waals surface area contributed by atoms with Crippen molar-refractivity contribution in [3.8, 4) is 11.5 Å². The van der Waals surface area contributed by atoms with Crippen molar-refractivity contribution in [2.75, 3.05) is 6.54 Å². The van der Waals surface area contributed by atoms with Gasteiger partial charge in [0.2, 0.25) is 11.8 Å². The highest BCUT2D eigenvalue weighted by Gasteiger charge is 2.17. The summed E-state index contributed by atoms with van der Waals surface area (Å²) in [6, 6.07) is 2.20. The summed E-state index contributed by atoms with van der Waals surface area (Å²) < 4.78 is 6.93. The second-order valence-electron chi connectivity index (χ2n) is 3.60. The molecule has 0 saturated carbocycles. The van der Waals surface area contributed by atoms with Gasteiger partial charge < -0.3 is 9.73 Å². The van der Waals surface area contributed by atoms with Gasteiger partial charge in [-0.05, 0) is 41.6 Å². The molecule has 0 aromatic carbocycles. The van der Waals surface area contributed by atoms with Crippen molar-refractivity contribution in [1.82, 2.24) is 15.5 Å². The van der Waals surface area contributed by atoms with Gasteiger partial charge in [0.1, 0.15) is 0 Å². The lowest BCUT2D eigenvalue weighted by atomic mass is 10.2. The maximum Gasteiger partial charge on any atom is 0.248 e. The average Bonchev–Trinajstić information content (AvgIpc) is 2.94. The Labute approximate surface area is 118 Å². The van der Waals surface area contributed by atoms with E-state index in [0.717, 1.165) is 18.5 Å². The molecule has 0 radical (unpaired) electrons. The van der Waals surface area contributed by atoms with Crippen molar-refractivity contribution in [3.05, 3.63) is 20.2 Å². The molecule has 4 nitrogen and oxygen atoms in total.